The molecule has 0 aromatic heterocycles. The van der Waals surface area contributed by atoms with Gasteiger partial charge in [0, 0.05) is 5.56 Å². The topological polar surface area (TPSA) is 29.5 Å². The van der Waals surface area contributed by atoms with Gasteiger partial charge in [-0.2, -0.15) is 0 Å². The van der Waals surface area contributed by atoms with Crippen LogP contribution in [-0.4, -0.2) is 12.2 Å². The number of fused-ring (bicyclic) bond motifs is 1. The van der Waals surface area contributed by atoms with Crippen LogP contribution >= 0.6 is 0 Å². The van der Waals surface area contributed by atoms with E-state index < -0.39 is 0 Å². The van der Waals surface area contributed by atoms with Crippen molar-refractivity contribution in [1.82, 2.24) is 0 Å². The normalized spacial score (nSPS) is 15.5. The average Bonchev–Trinajstić information content (AvgIpc) is 2.81. The van der Waals surface area contributed by atoms with Crippen LogP contribution in [0.2, 0.25) is 0 Å². The van der Waals surface area contributed by atoms with Gasteiger partial charge in [0.05, 0.1) is 7.11 Å². The number of phenols is 1. The summed E-state index contributed by atoms with van der Waals surface area (Å²) in [5.41, 5.74) is 7.81. The number of rotatable bonds is 3. The molecule has 1 aliphatic carbocycles. The summed E-state index contributed by atoms with van der Waals surface area (Å²) in [5.74, 6) is 1.37. The van der Waals surface area contributed by atoms with Crippen LogP contribution in [0.4, 0.5) is 0 Å². The van der Waals surface area contributed by atoms with Crippen molar-refractivity contribution in [2.24, 2.45) is 0 Å². The van der Waals surface area contributed by atoms with Crippen molar-refractivity contribution in [3.05, 3.63) is 57.6 Å². The lowest BCUT2D eigenvalue weighted by molar-refractivity contribution is 0.414. The first-order chi connectivity index (χ1) is 10.8. The van der Waals surface area contributed by atoms with Crippen LogP contribution < -0.4 is 4.74 Å². The maximum Gasteiger partial charge on any atom is 0.119 e. The van der Waals surface area contributed by atoms with E-state index in [-0.39, 0.29) is 5.41 Å². The van der Waals surface area contributed by atoms with Crippen molar-refractivity contribution < 1.29 is 9.84 Å². The van der Waals surface area contributed by atoms with Gasteiger partial charge in [0.15, 0.2) is 0 Å². The molecule has 122 valence electrons. The number of phenolic OH excluding ortho intramolecular Hbond substituents is 1. The van der Waals surface area contributed by atoms with Crippen molar-refractivity contribution in [2.45, 2.75) is 52.4 Å². The predicted octanol–water partition coefficient (Wildman–Crippen LogP) is 4.83. The molecule has 0 bridgehead atoms. The van der Waals surface area contributed by atoms with Crippen molar-refractivity contribution in [1.29, 1.82) is 0 Å². The Labute approximate surface area is 139 Å². The second-order valence-corrected chi connectivity index (χ2v) is 7.40. The Morgan fingerprint density at radius 2 is 1.78 bits per heavy atom. The highest BCUT2D eigenvalue weighted by molar-refractivity contribution is 5.54. The Bertz CT molecular complexity index is 734. The first-order valence-corrected chi connectivity index (χ1v) is 8.32. The van der Waals surface area contributed by atoms with Crippen LogP contribution in [0.1, 0.15) is 53.6 Å². The van der Waals surface area contributed by atoms with Crippen LogP contribution in [0.5, 0.6) is 11.5 Å². The summed E-state index contributed by atoms with van der Waals surface area (Å²) in [5, 5.41) is 10.3. The number of hydrogen-bond acceptors (Lipinski definition) is 2. The molecule has 2 heteroatoms. The quantitative estimate of drug-likeness (QED) is 0.879. The first kappa shape index (κ1) is 15.9. The Balaban J connectivity index is 2.05. The number of ether oxygens (including phenoxy) is 1. The highest BCUT2D eigenvalue weighted by Crippen LogP contribution is 2.45. The minimum Gasteiger partial charge on any atom is -0.508 e. The van der Waals surface area contributed by atoms with Crippen LogP contribution in [0, 0.1) is 13.8 Å². The maximum atomic E-state index is 10.3. The van der Waals surface area contributed by atoms with Gasteiger partial charge in [-0.1, -0.05) is 19.9 Å². The van der Waals surface area contributed by atoms with E-state index >= 15 is 0 Å². The van der Waals surface area contributed by atoms with E-state index in [2.05, 4.69) is 45.9 Å². The van der Waals surface area contributed by atoms with Crippen molar-refractivity contribution in [2.75, 3.05) is 7.11 Å². The number of benzene rings is 2. The largest absolute Gasteiger partial charge is 0.508 e. The SMILES string of the molecule is COc1cc(C)c(Cc2ccc(O)c3c2CCC3(C)C)c(C)c1. The molecule has 0 aliphatic heterocycles. The lowest BCUT2D eigenvalue weighted by Crippen LogP contribution is -2.12. The summed E-state index contributed by atoms with van der Waals surface area (Å²) in [6.07, 6.45) is 3.08. The molecule has 0 unspecified atom stereocenters. The van der Waals surface area contributed by atoms with E-state index in [4.69, 9.17) is 4.74 Å². The van der Waals surface area contributed by atoms with Gasteiger partial charge in [0.1, 0.15) is 11.5 Å². The maximum absolute atomic E-state index is 10.3. The molecular formula is C21H26O2. The molecule has 0 saturated carbocycles. The lowest BCUT2D eigenvalue weighted by atomic mass is 9.84. The molecule has 2 nitrogen and oxygen atoms in total. The summed E-state index contributed by atoms with van der Waals surface area (Å²) < 4.78 is 5.37. The van der Waals surface area contributed by atoms with Gasteiger partial charge in [-0.15, -0.1) is 0 Å². The summed E-state index contributed by atoms with van der Waals surface area (Å²) in [4.78, 5) is 0. The van der Waals surface area contributed by atoms with E-state index in [9.17, 15) is 5.11 Å². The molecule has 0 spiro atoms. The summed E-state index contributed by atoms with van der Waals surface area (Å²) in [7, 11) is 1.71. The Kier molecular flexibility index (Phi) is 3.87. The fourth-order valence-electron chi connectivity index (χ4n) is 3.99. The van der Waals surface area contributed by atoms with Crippen molar-refractivity contribution in [3.63, 3.8) is 0 Å². The zero-order valence-corrected chi connectivity index (χ0v) is 14.8. The molecule has 23 heavy (non-hydrogen) atoms. The summed E-state index contributed by atoms with van der Waals surface area (Å²) in [6, 6.07) is 8.17. The molecule has 0 radical (unpaired) electrons. The number of hydrogen-bond donors (Lipinski definition) is 1. The van der Waals surface area contributed by atoms with Crippen LogP contribution in [0.15, 0.2) is 24.3 Å². The molecule has 1 N–H and O–H groups in total. The average molecular weight is 310 g/mol. The van der Waals surface area contributed by atoms with Crippen LogP contribution in [0.3, 0.4) is 0 Å². The Morgan fingerprint density at radius 3 is 2.39 bits per heavy atom. The third-order valence-corrected chi connectivity index (χ3v) is 5.34. The van der Waals surface area contributed by atoms with E-state index in [0.29, 0.717) is 5.75 Å². The van der Waals surface area contributed by atoms with Gasteiger partial charge in [0.25, 0.3) is 0 Å². The summed E-state index contributed by atoms with van der Waals surface area (Å²) in [6.45, 7) is 8.75. The highest BCUT2D eigenvalue weighted by Gasteiger charge is 2.34. The molecule has 0 atom stereocenters. The van der Waals surface area contributed by atoms with E-state index in [1.54, 1.807) is 7.11 Å². The smallest absolute Gasteiger partial charge is 0.119 e. The third-order valence-electron chi connectivity index (χ3n) is 5.34. The predicted molar refractivity (Wildman–Crippen MR) is 94.7 cm³/mol. The van der Waals surface area contributed by atoms with E-state index in [0.717, 1.165) is 30.6 Å². The second kappa shape index (κ2) is 5.59. The first-order valence-electron chi connectivity index (χ1n) is 8.32. The molecule has 2 aromatic carbocycles. The molecule has 1 aliphatic rings. The van der Waals surface area contributed by atoms with Crippen LogP contribution in [0.25, 0.3) is 0 Å². The third kappa shape index (κ3) is 2.71. The number of methoxy groups -OCH3 is 1. The zero-order valence-electron chi connectivity index (χ0n) is 14.8. The van der Waals surface area contributed by atoms with Crippen molar-refractivity contribution in [3.8, 4) is 11.5 Å². The lowest BCUT2D eigenvalue weighted by Gasteiger charge is -2.21. The van der Waals surface area contributed by atoms with E-state index in [1.165, 1.54) is 27.8 Å². The van der Waals surface area contributed by atoms with Gasteiger partial charge in [0.2, 0.25) is 0 Å². The van der Waals surface area contributed by atoms with Gasteiger partial charge < -0.3 is 9.84 Å². The fourth-order valence-corrected chi connectivity index (χ4v) is 3.99. The molecule has 0 amide bonds. The van der Waals surface area contributed by atoms with E-state index in [1.807, 2.05) is 6.07 Å². The minimum atomic E-state index is 0.0689. The molecule has 0 heterocycles. The summed E-state index contributed by atoms with van der Waals surface area (Å²) >= 11 is 0. The molecule has 0 saturated heterocycles. The van der Waals surface area contributed by atoms with Crippen LogP contribution in [-0.2, 0) is 18.3 Å². The molecule has 0 fully saturated rings. The number of aryl methyl sites for hydroxylation is 2. The Morgan fingerprint density at radius 1 is 1.13 bits per heavy atom. The monoisotopic (exact) mass is 310 g/mol. The highest BCUT2D eigenvalue weighted by atomic mass is 16.5. The Hall–Kier alpha value is -1.96. The second-order valence-electron chi connectivity index (χ2n) is 7.40. The van der Waals surface area contributed by atoms with Gasteiger partial charge in [-0.25, -0.2) is 0 Å². The zero-order chi connectivity index (χ0) is 16.8. The van der Waals surface area contributed by atoms with Gasteiger partial charge in [-0.3, -0.25) is 0 Å². The number of aromatic hydroxyl groups is 1. The molecule has 3 rings (SSSR count). The van der Waals surface area contributed by atoms with Crippen molar-refractivity contribution >= 4 is 0 Å². The molecular weight excluding hydrogens is 284 g/mol. The van der Waals surface area contributed by atoms with Gasteiger partial charge >= 0.3 is 0 Å². The van der Waals surface area contributed by atoms with Gasteiger partial charge in [-0.05, 0) is 84.5 Å². The standard InChI is InChI=1S/C21H26O2/c1-13-10-16(23-5)11-14(2)18(13)12-15-6-7-19(22)20-17(15)8-9-21(20,3)4/h6-7,10-11,22H,8-9,12H2,1-5H3. The molecule has 2 aromatic rings. The fraction of sp³-hybridized carbons (Fsp3) is 0.429. The minimum absolute atomic E-state index is 0.0689.